The van der Waals surface area contributed by atoms with Crippen LogP contribution in [-0.2, 0) is 4.79 Å². The van der Waals surface area contributed by atoms with Crippen LogP contribution in [0.3, 0.4) is 0 Å². The standard InChI is InChI=1S/C13H13Br3N2OS/c1-2-3-4-8(15)12(19)18-13-17-11-9(16)5-7(14)6-10(11)20-13/h5-6,8H,2-4H2,1H3,(H,17,18,19). The summed E-state index contributed by atoms with van der Waals surface area (Å²) in [7, 11) is 0. The maximum absolute atomic E-state index is 12.0. The Hall–Kier alpha value is 0.0200. The molecule has 3 nitrogen and oxygen atoms in total. The zero-order valence-corrected chi connectivity index (χ0v) is 16.3. The summed E-state index contributed by atoms with van der Waals surface area (Å²) in [6.45, 7) is 2.11. The number of halogens is 3. The SMILES string of the molecule is CCCCC(Br)C(=O)Nc1nc2c(Br)cc(Br)cc2s1. The van der Waals surface area contributed by atoms with Gasteiger partial charge in [0.1, 0.15) is 0 Å². The highest BCUT2D eigenvalue weighted by Gasteiger charge is 2.16. The van der Waals surface area contributed by atoms with Crippen molar-refractivity contribution in [1.29, 1.82) is 0 Å². The third-order valence-electron chi connectivity index (χ3n) is 2.74. The second kappa shape index (κ2) is 7.33. The fraction of sp³-hybridized carbons (Fsp3) is 0.385. The van der Waals surface area contributed by atoms with Gasteiger partial charge in [0.15, 0.2) is 5.13 Å². The lowest BCUT2D eigenvalue weighted by atomic mass is 10.2. The average molecular weight is 485 g/mol. The molecule has 0 spiro atoms. The second-order valence-electron chi connectivity index (χ2n) is 4.35. The summed E-state index contributed by atoms with van der Waals surface area (Å²) in [5.41, 5.74) is 0.869. The number of thiazole rings is 1. The van der Waals surface area contributed by atoms with Crippen LogP contribution in [0.2, 0.25) is 0 Å². The number of hydrogen-bond acceptors (Lipinski definition) is 3. The molecule has 1 aromatic carbocycles. The van der Waals surface area contributed by atoms with E-state index in [0.29, 0.717) is 5.13 Å². The molecule has 2 rings (SSSR count). The van der Waals surface area contributed by atoms with E-state index in [1.165, 1.54) is 11.3 Å². The summed E-state index contributed by atoms with van der Waals surface area (Å²) in [6, 6.07) is 3.94. The topological polar surface area (TPSA) is 42.0 Å². The molecule has 1 unspecified atom stereocenters. The third-order valence-corrected chi connectivity index (χ3v) is 5.59. The van der Waals surface area contributed by atoms with E-state index in [2.05, 4.69) is 65.0 Å². The summed E-state index contributed by atoms with van der Waals surface area (Å²) in [6.07, 6.45) is 2.95. The van der Waals surface area contributed by atoms with Crippen molar-refractivity contribution >= 4 is 80.4 Å². The van der Waals surface area contributed by atoms with E-state index in [9.17, 15) is 4.79 Å². The van der Waals surface area contributed by atoms with Crippen molar-refractivity contribution in [3.8, 4) is 0 Å². The fourth-order valence-corrected chi connectivity index (χ4v) is 4.68. The van der Waals surface area contributed by atoms with Gasteiger partial charge < -0.3 is 5.32 Å². The van der Waals surface area contributed by atoms with Gasteiger partial charge in [0.2, 0.25) is 5.91 Å². The number of carbonyl (C=O) groups excluding carboxylic acids is 1. The van der Waals surface area contributed by atoms with E-state index >= 15 is 0 Å². The van der Waals surface area contributed by atoms with Gasteiger partial charge in [0.25, 0.3) is 0 Å². The number of nitrogens with one attached hydrogen (secondary N) is 1. The summed E-state index contributed by atoms with van der Waals surface area (Å²) >= 11 is 11.8. The molecule has 2 aromatic rings. The van der Waals surface area contributed by atoms with Gasteiger partial charge in [-0.05, 0) is 34.5 Å². The van der Waals surface area contributed by atoms with E-state index in [4.69, 9.17) is 0 Å². The Balaban J connectivity index is 2.14. The van der Waals surface area contributed by atoms with Crippen LogP contribution in [0.1, 0.15) is 26.2 Å². The minimum atomic E-state index is -0.162. The quantitative estimate of drug-likeness (QED) is 0.552. The van der Waals surface area contributed by atoms with Crippen molar-refractivity contribution in [1.82, 2.24) is 4.98 Å². The molecule has 108 valence electrons. The summed E-state index contributed by atoms with van der Waals surface area (Å²) in [4.78, 5) is 16.3. The molecule has 1 aromatic heterocycles. The number of hydrogen-bond donors (Lipinski definition) is 1. The van der Waals surface area contributed by atoms with Gasteiger partial charge in [-0.2, -0.15) is 0 Å². The minimum Gasteiger partial charge on any atom is -0.301 e. The third kappa shape index (κ3) is 4.02. The lowest BCUT2D eigenvalue weighted by molar-refractivity contribution is -0.115. The molecule has 0 saturated carbocycles. The Morgan fingerprint density at radius 1 is 1.45 bits per heavy atom. The highest BCUT2D eigenvalue weighted by atomic mass is 79.9. The Bertz CT molecular complexity index is 629. The normalized spacial score (nSPS) is 12.6. The van der Waals surface area contributed by atoms with Crippen molar-refractivity contribution in [3.05, 3.63) is 21.1 Å². The molecule has 0 radical (unpaired) electrons. The molecule has 0 aliphatic carbocycles. The number of benzene rings is 1. The van der Waals surface area contributed by atoms with E-state index in [-0.39, 0.29) is 10.7 Å². The Morgan fingerprint density at radius 3 is 2.90 bits per heavy atom. The van der Waals surface area contributed by atoms with Crippen LogP contribution < -0.4 is 5.32 Å². The molecule has 0 fully saturated rings. The molecule has 20 heavy (non-hydrogen) atoms. The van der Waals surface area contributed by atoms with E-state index in [1.807, 2.05) is 12.1 Å². The van der Waals surface area contributed by atoms with Gasteiger partial charge in [0.05, 0.1) is 15.0 Å². The van der Waals surface area contributed by atoms with Gasteiger partial charge in [-0.25, -0.2) is 4.98 Å². The molecule has 0 aliphatic rings. The second-order valence-corrected chi connectivity index (χ2v) is 8.26. The molecule has 0 aliphatic heterocycles. The first-order chi connectivity index (χ1) is 9.51. The maximum atomic E-state index is 12.0. The van der Waals surface area contributed by atoms with Crippen LogP contribution in [0.5, 0.6) is 0 Å². The van der Waals surface area contributed by atoms with E-state index < -0.39 is 0 Å². The predicted octanol–water partition coefficient (Wildman–Crippen LogP) is 5.71. The number of amides is 1. The molecule has 1 N–H and O–H groups in total. The Morgan fingerprint density at radius 2 is 2.20 bits per heavy atom. The molecule has 1 amide bonds. The number of fused-ring (bicyclic) bond motifs is 1. The van der Waals surface area contributed by atoms with Crippen LogP contribution in [0.15, 0.2) is 21.1 Å². The van der Waals surface area contributed by atoms with Crippen LogP contribution >= 0.6 is 59.1 Å². The zero-order chi connectivity index (χ0) is 14.7. The predicted molar refractivity (Wildman–Crippen MR) is 95.9 cm³/mol. The number of alkyl halides is 1. The average Bonchev–Trinajstić information content (AvgIpc) is 2.78. The molecular weight excluding hydrogens is 472 g/mol. The van der Waals surface area contributed by atoms with E-state index in [1.54, 1.807) is 0 Å². The maximum Gasteiger partial charge on any atom is 0.239 e. The highest BCUT2D eigenvalue weighted by Crippen LogP contribution is 2.34. The van der Waals surface area contributed by atoms with Crippen LogP contribution in [0, 0.1) is 0 Å². The van der Waals surface area contributed by atoms with Crippen molar-refractivity contribution in [3.63, 3.8) is 0 Å². The van der Waals surface area contributed by atoms with Gasteiger partial charge in [-0.3, -0.25) is 4.79 Å². The van der Waals surface area contributed by atoms with E-state index in [0.717, 1.165) is 38.4 Å². The number of nitrogens with zero attached hydrogens (tertiary/aromatic N) is 1. The van der Waals surface area contributed by atoms with Crippen LogP contribution in [0.4, 0.5) is 5.13 Å². The first-order valence-electron chi connectivity index (χ1n) is 6.21. The van der Waals surface area contributed by atoms with Crippen molar-refractivity contribution in [2.24, 2.45) is 0 Å². The summed E-state index contributed by atoms with van der Waals surface area (Å²) < 4.78 is 2.93. The van der Waals surface area contributed by atoms with Crippen molar-refractivity contribution < 1.29 is 4.79 Å². The Labute approximate surface area is 146 Å². The minimum absolute atomic E-state index is 0.0345. The first kappa shape index (κ1) is 16.4. The van der Waals surface area contributed by atoms with Gasteiger partial charge in [-0.15, -0.1) is 0 Å². The van der Waals surface area contributed by atoms with Gasteiger partial charge in [0, 0.05) is 8.95 Å². The molecule has 0 saturated heterocycles. The van der Waals surface area contributed by atoms with Gasteiger partial charge >= 0.3 is 0 Å². The lowest BCUT2D eigenvalue weighted by Gasteiger charge is -2.07. The monoisotopic (exact) mass is 482 g/mol. The molecule has 1 heterocycles. The number of carbonyl (C=O) groups is 1. The van der Waals surface area contributed by atoms with Gasteiger partial charge in [-0.1, -0.05) is 63.0 Å². The number of unbranched alkanes of at least 4 members (excludes halogenated alkanes) is 1. The molecule has 7 heteroatoms. The fourth-order valence-electron chi connectivity index (χ4n) is 1.71. The zero-order valence-electron chi connectivity index (χ0n) is 10.8. The number of rotatable bonds is 5. The van der Waals surface area contributed by atoms with Crippen molar-refractivity contribution in [2.45, 2.75) is 31.0 Å². The number of anilines is 1. The number of aromatic nitrogens is 1. The molecule has 1 atom stereocenters. The smallest absolute Gasteiger partial charge is 0.239 e. The Kier molecular flexibility index (Phi) is 6.01. The summed E-state index contributed by atoms with van der Waals surface area (Å²) in [5, 5.41) is 3.50. The summed E-state index contributed by atoms with van der Waals surface area (Å²) in [5.74, 6) is -0.0345. The van der Waals surface area contributed by atoms with Crippen LogP contribution in [-0.4, -0.2) is 15.7 Å². The highest BCUT2D eigenvalue weighted by molar-refractivity contribution is 9.11. The molecule has 0 bridgehead atoms. The van der Waals surface area contributed by atoms with Crippen LogP contribution in [0.25, 0.3) is 10.2 Å². The van der Waals surface area contributed by atoms with Crippen molar-refractivity contribution in [2.75, 3.05) is 5.32 Å². The first-order valence-corrected chi connectivity index (χ1v) is 9.53. The lowest BCUT2D eigenvalue weighted by Crippen LogP contribution is -2.22. The largest absolute Gasteiger partial charge is 0.301 e. The molecular formula is C13H13Br3N2OS.